The predicted molar refractivity (Wildman–Crippen MR) is 80.1 cm³/mol. The first kappa shape index (κ1) is 18.1. The Hall–Kier alpha value is 0.150. The summed E-state index contributed by atoms with van der Waals surface area (Å²) in [5.41, 5.74) is 0. The lowest BCUT2D eigenvalue weighted by atomic mass is 10.4. The van der Waals surface area contributed by atoms with E-state index >= 15 is 0 Å². The van der Waals surface area contributed by atoms with E-state index in [0.717, 1.165) is 0 Å². The second-order valence-corrected chi connectivity index (χ2v) is 6.81. The number of nitrogens with zero attached hydrogens (tertiary/aromatic N) is 1. The smallest absolute Gasteiger partial charge is 0.242 e. The average molecular weight is 378 g/mol. The molecule has 0 aliphatic heterocycles. The van der Waals surface area contributed by atoms with E-state index in [4.69, 9.17) is 11.6 Å². The summed E-state index contributed by atoms with van der Waals surface area (Å²) in [4.78, 5) is 0.229. The molecule has 18 heavy (non-hydrogen) atoms. The van der Waals surface area contributed by atoms with Gasteiger partial charge in [0.2, 0.25) is 10.0 Å². The number of rotatable bonds is 5. The molecule has 1 N–H and O–H groups in total. The number of sulfonamides is 1. The zero-order valence-corrected chi connectivity index (χ0v) is 14.0. The Morgan fingerprint density at radius 2 is 2.06 bits per heavy atom. The number of nitrogens with one attached hydrogen (secondary N) is 1. The van der Waals surface area contributed by atoms with E-state index in [1.54, 1.807) is 20.2 Å². The minimum atomic E-state index is -3.45. The first-order chi connectivity index (χ1) is 7.89. The number of halogens is 3. The van der Waals surface area contributed by atoms with Gasteiger partial charge in [0, 0.05) is 24.6 Å². The van der Waals surface area contributed by atoms with Crippen LogP contribution in [-0.4, -0.2) is 39.9 Å². The summed E-state index contributed by atoms with van der Waals surface area (Å²) in [5.74, 6) is 0. The minimum Gasteiger partial charge on any atom is -0.318 e. The molecule has 0 aliphatic rings. The van der Waals surface area contributed by atoms with Crippen molar-refractivity contribution in [2.24, 2.45) is 0 Å². The molecule has 0 fully saturated rings. The molecular formula is C10H15BrCl2N2O2S. The summed E-state index contributed by atoms with van der Waals surface area (Å²) in [6.45, 7) is 1.02. The van der Waals surface area contributed by atoms with Gasteiger partial charge in [0.1, 0.15) is 0 Å². The van der Waals surface area contributed by atoms with Crippen molar-refractivity contribution in [2.75, 3.05) is 27.2 Å². The molecule has 104 valence electrons. The summed E-state index contributed by atoms with van der Waals surface area (Å²) in [5, 5.41) is 3.39. The van der Waals surface area contributed by atoms with Gasteiger partial charge >= 0.3 is 0 Å². The van der Waals surface area contributed by atoms with Gasteiger partial charge in [-0.25, -0.2) is 8.42 Å². The van der Waals surface area contributed by atoms with Crippen LogP contribution in [0.5, 0.6) is 0 Å². The lowest BCUT2D eigenvalue weighted by Gasteiger charge is -2.17. The number of likely N-dealkylation sites (N-methyl/N-ethyl adjacent to an activating group) is 2. The summed E-state index contributed by atoms with van der Waals surface area (Å²) in [6, 6.07) is 4.57. The van der Waals surface area contributed by atoms with Crippen LogP contribution in [0.25, 0.3) is 0 Å². The topological polar surface area (TPSA) is 49.4 Å². The van der Waals surface area contributed by atoms with Gasteiger partial charge in [-0.2, -0.15) is 4.31 Å². The monoisotopic (exact) mass is 376 g/mol. The predicted octanol–water partition coefficient (Wildman–Crippen LogP) is 2.36. The number of hydrogen-bond donors (Lipinski definition) is 1. The maximum Gasteiger partial charge on any atom is 0.242 e. The van der Waals surface area contributed by atoms with Crippen molar-refractivity contribution in [1.29, 1.82) is 0 Å². The molecule has 0 atom stereocenters. The maximum absolute atomic E-state index is 12.1. The van der Waals surface area contributed by atoms with E-state index in [-0.39, 0.29) is 17.3 Å². The Labute approximate surface area is 127 Å². The average Bonchev–Trinajstić information content (AvgIpc) is 2.29. The van der Waals surface area contributed by atoms with Crippen LogP contribution in [0.15, 0.2) is 27.6 Å². The van der Waals surface area contributed by atoms with E-state index in [0.29, 0.717) is 22.6 Å². The van der Waals surface area contributed by atoms with E-state index in [9.17, 15) is 8.42 Å². The number of hydrogen-bond acceptors (Lipinski definition) is 3. The molecule has 0 radical (unpaired) electrons. The van der Waals surface area contributed by atoms with E-state index in [2.05, 4.69) is 21.2 Å². The van der Waals surface area contributed by atoms with Crippen LogP contribution in [0.2, 0.25) is 5.02 Å². The summed E-state index contributed by atoms with van der Waals surface area (Å²) in [7, 11) is -0.118. The van der Waals surface area contributed by atoms with Crippen molar-refractivity contribution < 1.29 is 8.42 Å². The Morgan fingerprint density at radius 1 is 1.44 bits per heavy atom. The van der Waals surface area contributed by atoms with E-state index < -0.39 is 10.0 Å². The van der Waals surface area contributed by atoms with Crippen LogP contribution in [0.3, 0.4) is 0 Å². The van der Waals surface area contributed by atoms with Crippen LogP contribution in [0, 0.1) is 0 Å². The van der Waals surface area contributed by atoms with Gasteiger partial charge in [-0.1, -0.05) is 11.6 Å². The highest BCUT2D eigenvalue weighted by molar-refractivity contribution is 9.10. The first-order valence-corrected chi connectivity index (χ1v) is 7.56. The fourth-order valence-corrected chi connectivity index (χ4v) is 3.05. The second kappa shape index (κ2) is 7.67. The largest absolute Gasteiger partial charge is 0.318 e. The SMILES string of the molecule is CNCCN(C)S(=O)(=O)c1ccc(Cl)c(Br)c1.Cl. The van der Waals surface area contributed by atoms with Crippen LogP contribution < -0.4 is 5.32 Å². The van der Waals surface area contributed by atoms with Gasteiger partial charge < -0.3 is 5.32 Å². The lowest BCUT2D eigenvalue weighted by molar-refractivity contribution is 0.466. The maximum atomic E-state index is 12.1. The normalized spacial score (nSPS) is 11.4. The molecule has 1 aromatic rings. The molecule has 4 nitrogen and oxygen atoms in total. The van der Waals surface area contributed by atoms with Crippen molar-refractivity contribution in [2.45, 2.75) is 4.90 Å². The Balaban J connectivity index is 0.00000289. The van der Waals surface area contributed by atoms with Crippen molar-refractivity contribution >= 4 is 50.0 Å². The third kappa shape index (κ3) is 4.36. The van der Waals surface area contributed by atoms with Crippen LogP contribution in [0.4, 0.5) is 0 Å². The van der Waals surface area contributed by atoms with Crippen molar-refractivity contribution in [3.63, 3.8) is 0 Å². The molecule has 0 aliphatic carbocycles. The van der Waals surface area contributed by atoms with Crippen LogP contribution >= 0.6 is 39.9 Å². The third-order valence-electron chi connectivity index (χ3n) is 2.28. The molecule has 8 heteroatoms. The van der Waals surface area contributed by atoms with Gasteiger partial charge in [-0.05, 0) is 41.2 Å². The molecular weight excluding hydrogens is 363 g/mol. The summed E-state index contributed by atoms with van der Waals surface area (Å²) < 4.78 is 26.1. The molecule has 0 spiro atoms. The highest BCUT2D eigenvalue weighted by Crippen LogP contribution is 2.26. The van der Waals surface area contributed by atoms with E-state index in [1.165, 1.54) is 16.4 Å². The second-order valence-electron chi connectivity index (χ2n) is 3.51. The molecule has 0 aromatic heterocycles. The van der Waals surface area contributed by atoms with E-state index in [1.807, 2.05) is 0 Å². The Bertz CT molecular complexity index is 497. The zero-order valence-electron chi connectivity index (χ0n) is 9.98. The molecule has 0 unspecified atom stereocenters. The molecule has 0 amide bonds. The lowest BCUT2D eigenvalue weighted by Crippen LogP contribution is -2.32. The van der Waals surface area contributed by atoms with Crippen molar-refractivity contribution in [1.82, 2.24) is 9.62 Å². The molecule has 0 saturated carbocycles. The first-order valence-electron chi connectivity index (χ1n) is 4.95. The summed E-state index contributed by atoms with van der Waals surface area (Å²) in [6.07, 6.45) is 0. The van der Waals surface area contributed by atoms with Crippen LogP contribution in [0.1, 0.15) is 0 Å². The molecule has 0 heterocycles. The highest BCUT2D eigenvalue weighted by Gasteiger charge is 2.20. The fraction of sp³-hybridized carbons (Fsp3) is 0.400. The van der Waals surface area contributed by atoms with Crippen molar-refractivity contribution in [3.8, 4) is 0 Å². The quantitative estimate of drug-likeness (QED) is 0.856. The van der Waals surface area contributed by atoms with Gasteiger partial charge in [-0.15, -0.1) is 12.4 Å². The fourth-order valence-electron chi connectivity index (χ4n) is 1.21. The van der Waals surface area contributed by atoms with Crippen LogP contribution in [-0.2, 0) is 10.0 Å². The molecule has 0 bridgehead atoms. The van der Waals surface area contributed by atoms with Crippen molar-refractivity contribution in [3.05, 3.63) is 27.7 Å². The molecule has 1 aromatic carbocycles. The molecule has 1 rings (SSSR count). The number of benzene rings is 1. The molecule has 0 saturated heterocycles. The third-order valence-corrected chi connectivity index (χ3v) is 5.34. The van der Waals surface area contributed by atoms with Gasteiger partial charge in [0.15, 0.2) is 0 Å². The zero-order chi connectivity index (χ0) is 13.1. The standard InChI is InChI=1S/C10H14BrClN2O2S.ClH/c1-13-5-6-14(2)17(15,16)8-3-4-10(12)9(11)7-8;/h3-4,7,13H,5-6H2,1-2H3;1H. The summed E-state index contributed by atoms with van der Waals surface area (Å²) >= 11 is 9.04. The van der Waals surface area contributed by atoms with Gasteiger partial charge in [0.25, 0.3) is 0 Å². The highest BCUT2D eigenvalue weighted by atomic mass is 79.9. The van der Waals surface area contributed by atoms with Gasteiger partial charge in [-0.3, -0.25) is 0 Å². The minimum absolute atomic E-state index is 0. The Kier molecular flexibility index (Phi) is 7.73. The Morgan fingerprint density at radius 3 is 2.56 bits per heavy atom. The van der Waals surface area contributed by atoms with Gasteiger partial charge in [0.05, 0.1) is 9.92 Å².